The Balaban J connectivity index is 1.10. The Morgan fingerprint density at radius 1 is 1.05 bits per heavy atom. The molecular formula is C32H43FN8O. The first-order valence-corrected chi connectivity index (χ1v) is 15.5. The fourth-order valence-corrected chi connectivity index (χ4v) is 8.24. The van der Waals surface area contributed by atoms with Crippen molar-refractivity contribution in [2.24, 2.45) is 17.8 Å². The molecule has 2 saturated heterocycles. The highest BCUT2D eigenvalue weighted by Gasteiger charge is 2.70. The van der Waals surface area contributed by atoms with Gasteiger partial charge in [-0.3, -0.25) is 9.69 Å². The second kappa shape index (κ2) is 10.2. The summed E-state index contributed by atoms with van der Waals surface area (Å²) in [6.07, 6.45) is 4.96. The molecule has 42 heavy (non-hydrogen) atoms. The van der Waals surface area contributed by atoms with Crippen molar-refractivity contribution in [3.63, 3.8) is 0 Å². The van der Waals surface area contributed by atoms with Crippen LogP contribution in [0.5, 0.6) is 0 Å². The van der Waals surface area contributed by atoms with Gasteiger partial charge in [-0.2, -0.15) is 4.98 Å². The van der Waals surface area contributed by atoms with Gasteiger partial charge in [-0.25, -0.2) is 9.37 Å². The Morgan fingerprint density at radius 3 is 2.38 bits per heavy atom. The molecule has 9 nitrogen and oxygen atoms in total. The summed E-state index contributed by atoms with van der Waals surface area (Å²) in [6, 6.07) is 7.83. The third kappa shape index (κ3) is 4.20. The van der Waals surface area contributed by atoms with Crippen molar-refractivity contribution in [1.82, 2.24) is 29.2 Å². The normalized spacial score (nSPS) is 28.4. The number of rotatable bonds is 6. The number of carbonyl (C=O) groups excluding carboxylic acids is 1. The van der Waals surface area contributed by atoms with E-state index in [1.807, 2.05) is 18.2 Å². The van der Waals surface area contributed by atoms with Gasteiger partial charge < -0.3 is 24.6 Å². The summed E-state index contributed by atoms with van der Waals surface area (Å²) < 4.78 is 17.6. The van der Waals surface area contributed by atoms with Gasteiger partial charge in [0.05, 0.1) is 11.2 Å². The second-order valence-electron chi connectivity index (χ2n) is 13.3. The molecule has 3 aliphatic carbocycles. The number of nitrogens with one attached hydrogen (secondary N) is 1. The van der Waals surface area contributed by atoms with Gasteiger partial charge in [-0.15, -0.1) is 0 Å². The summed E-state index contributed by atoms with van der Waals surface area (Å²) in [5.41, 5.74) is 2.59. The zero-order chi connectivity index (χ0) is 29.3. The number of aromatic nitrogens is 3. The Morgan fingerprint density at radius 2 is 1.76 bits per heavy atom. The number of nitrogens with zero attached hydrogens (tertiary/aromatic N) is 7. The lowest BCUT2D eigenvalue weighted by molar-refractivity contribution is -0.225. The predicted octanol–water partition coefficient (Wildman–Crippen LogP) is 4.23. The lowest BCUT2D eigenvalue weighted by Crippen LogP contribution is -2.73. The van der Waals surface area contributed by atoms with Crippen LogP contribution in [-0.4, -0.2) is 102 Å². The fourth-order valence-electron chi connectivity index (χ4n) is 8.24. The molecule has 5 fully saturated rings. The quantitative estimate of drug-likeness (QED) is 0.472. The van der Waals surface area contributed by atoms with E-state index in [-0.39, 0.29) is 17.3 Å². The average molecular weight is 575 g/mol. The molecule has 10 heteroatoms. The molecule has 2 bridgehead atoms. The Bertz CT molecular complexity index is 1490. The molecule has 0 radical (unpaired) electrons. The predicted molar refractivity (Wildman–Crippen MR) is 164 cm³/mol. The molecule has 1 amide bonds. The maximum absolute atomic E-state index is 15.4. The number of fused-ring (bicyclic) bond motifs is 1. The van der Waals surface area contributed by atoms with Crippen LogP contribution < -0.4 is 10.2 Å². The van der Waals surface area contributed by atoms with E-state index in [0.717, 1.165) is 69.6 Å². The minimum atomic E-state index is -0.238. The van der Waals surface area contributed by atoms with Crippen LogP contribution in [0.4, 0.5) is 21.7 Å². The smallest absolute Gasteiger partial charge is 0.270 e. The molecule has 2 atom stereocenters. The number of likely N-dealkylation sites (N-methyl/N-ethyl adjacent to an activating group) is 1. The van der Waals surface area contributed by atoms with Crippen LogP contribution in [0.15, 0.2) is 30.5 Å². The second-order valence-corrected chi connectivity index (χ2v) is 13.3. The molecular weight excluding hydrogens is 531 g/mol. The Hall–Kier alpha value is -3.24. The zero-order valence-electron chi connectivity index (χ0n) is 25.5. The largest absolute Gasteiger partial charge is 0.369 e. The highest BCUT2D eigenvalue weighted by Crippen LogP contribution is 2.71. The molecule has 4 heterocycles. The number of hydrogen-bond acceptors (Lipinski definition) is 7. The van der Waals surface area contributed by atoms with E-state index in [1.165, 1.54) is 0 Å². The highest BCUT2D eigenvalue weighted by atomic mass is 19.1. The molecule has 2 aromatic heterocycles. The van der Waals surface area contributed by atoms with E-state index in [9.17, 15) is 4.79 Å². The van der Waals surface area contributed by atoms with Crippen molar-refractivity contribution in [3.8, 4) is 0 Å². The standard InChI is InChI=1S/C32H43FN8O/c1-20-25-18-32(20,21(25)2)41-28(30(42)37(3)4)16-22-19-34-31(36-29(22)41)35-23-6-7-27(26(33)17-23)40-10-8-24(9-11-40)39-14-12-38(5)13-15-39/h6-7,16-17,19-21,24-25H,8-15,18H2,1-5H3,(H,34,35,36)/t20-,21-,25?,32?/m1/s1. The van der Waals surface area contributed by atoms with E-state index < -0.39 is 0 Å². The van der Waals surface area contributed by atoms with Gasteiger partial charge in [0, 0.05) is 76.7 Å². The lowest BCUT2D eigenvalue weighted by atomic mass is 9.36. The van der Waals surface area contributed by atoms with Gasteiger partial charge in [0.2, 0.25) is 5.95 Å². The van der Waals surface area contributed by atoms with E-state index in [4.69, 9.17) is 4.98 Å². The average Bonchev–Trinajstić information content (AvgIpc) is 3.34. The van der Waals surface area contributed by atoms with Crippen LogP contribution in [-0.2, 0) is 5.54 Å². The number of piperidine rings is 1. The summed E-state index contributed by atoms with van der Waals surface area (Å²) in [7, 11) is 5.75. The molecule has 2 aliphatic heterocycles. The van der Waals surface area contributed by atoms with Crippen LogP contribution in [0.2, 0.25) is 0 Å². The van der Waals surface area contributed by atoms with Crippen LogP contribution in [0, 0.1) is 23.6 Å². The van der Waals surface area contributed by atoms with E-state index in [1.54, 1.807) is 31.3 Å². The van der Waals surface area contributed by atoms with Crippen molar-refractivity contribution in [2.45, 2.75) is 44.7 Å². The van der Waals surface area contributed by atoms with Gasteiger partial charge in [-0.1, -0.05) is 13.8 Å². The molecule has 3 aromatic rings. The van der Waals surface area contributed by atoms with Gasteiger partial charge >= 0.3 is 0 Å². The molecule has 224 valence electrons. The first-order chi connectivity index (χ1) is 20.2. The van der Waals surface area contributed by atoms with E-state index in [2.05, 4.69) is 50.5 Å². The molecule has 5 aliphatic rings. The first kappa shape index (κ1) is 27.6. The van der Waals surface area contributed by atoms with Crippen molar-refractivity contribution < 1.29 is 9.18 Å². The van der Waals surface area contributed by atoms with Crippen molar-refractivity contribution in [2.75, 3.05) is 70.6 Å². The van der Waals surface area contributed by atoms with Gasteiger partial charge in [0.25, 0.3) is 5.91 Å². The Labute approximate surface area is 247 Å². The summed E-state index contributed by atoms with van der Waals surface area (Å²) in [5, 5.41) is 4.08. The third-order valence-corrected chi connectivity index (χ3v) is 11.1. The van der Waals surface area contributed by atoms with Crippen molar-refractivity contribution in [1.29, 1.82) is 0 Å². The van der Waals surface area contributed by atoms with Gasteiger partial charge in [0.1, 0.15) is 17.2 Å². The van der Waals surface area contributed by atoms with Crippen molar-refractivity contribution >= 4 is 34.3 Å². The zero-order valence-corrected chi connectivity index (χ0v) is 25.5. The highest BCUT2D eigenvalue weighted by molar-refractivity contribution is 5.98. The van der Waals surface area contributed by atoms with Gasteiger partial charge in [0.15, 0.2) is 0 Å². The Kier molecular flexibility index (Phi) is 6.69. The molecule has 0 spiro atoms. The molecule has 3 saturated carbocycles. The van der Waals surface area contributed by atoms with Gasteiger partial charge in [-0.05, 0) is 68.3 Å². The molecule has 0 unspecified atom stereocenters. The molecule has 1 N–H and O–H groups in total. The van der Waals surface area contributed by atoms with E-state index >= 15 is 4.39 Å². The van der Waals surface area contributed by atoms with Crippen LogP contribution in [0.1, 0.15) is 43.6 Å². The number of halogens is 1. The first-order valence-electron chi connectivity index (χ1n) is 15.5. The monoisotopic (exact) mass is 574 g/mol. The minimum absolute atomic E-state index is 0.0307. The van der Waals surface area contributed by atoms with E-state index in [0.29, 0.717) is 46.8 Å². The summed E-state index contributed by atoms with van der Waals surface area (Å²) in [6.45, 7) is 10.8. The van der Waals surface area contributed by atoms with Crippen LogP contribution >= 0.6 is 0 Å². The summed E-state index contributed by atoms with van der Waals surface area (Å²) in [4.78, 5) is 31.5. The molecule has 8 rings (SSSR count). The van der Waals surface area contributed by atoms with Crippen LogP contribution in [0.3, 0.4) is 0 Å². The number of benzene rings is 1. The number of piperazine rings is 1. The fraction of sp³-hybridized carbons (Fsp3) is 0.594. The summed E-state index contributed by atoms with van der Waals surface area (Å²) in [5.74, 6) is 1.82. The SMILES string of the molecule is C[C@@H]1C2CC1(n1c(C(=O)N(C)C)cc3cnc(Nc4ccc(N5CCC(N6CCN(C)CC6)CC5)c(F)c4)nc31)[C@@H]2C. The topological polar surface area (TPSA) is 72.8 Å². The minimum Gasteiger partial charge on any atom is -0.369 e. The maximum Gasteiger partial charge on any atom is 0.270 e. The number of amides is 1. The maximum atomic E-state index is 15.4. The number of carbonyl (C=O) groups is 1. The number of anilines is 3. The third-order valence-electron chi connectivity index (χ3n) is 11.1. The summed E-state index contributed by atoms with van der Waals surface area (Å²) >= 11 is 0. The van der Waals surface area contributed by atoms with Crippen LogP contribution in [0.25, 0.3) is 11.0 Å². The number of hydrogen-bond donors (Lipinski definition) is 1. The molecule has 1 aromatic carbocycles. The lowest BCUT2D eigenvalue weighted by Gasteiger charge is -2.73. The van der Waals surface area contributed by atoms with Crippen molar-refractivity contribution in [3.05, 3.63) is 42.0 Å².